The molecule has 1 aromatic carbocycles. The number of benzene rings is 1. The van der Waals surface area contributed by atoms with Crippen LogP contribution in [0.25, 0.3) is 11.4 Å². The van der Waals surface area contributed by atoms with Gasteiger partial charge in [-0.3, -0.25) is 9.36 Å². The Morgan fingerprint density at radius 1 is 1.07 bits per heavy atom. The second-order valence-corrected chi connectivity index (χ2v) is 7.60. The summed E-state index contributed by atoms with van der Waals surface area (Å²) in [4.78, 5) is 14.4. The molecule has 0 atom stereocenters. The highest BCUT2D eigenvalue weighted by Crippen LogP contribution is 2.28. The van der Waals surface area contributed by atoms with Gasteiger partial charge in [-0.05, 0) is 38.1 Å². The molecule has 0 fully saturated rings. The highest BCUT2D eigenvalue weighted by molar-refractivity contribution is 7.99. The molecule has 2 rings (SSSR count). The molecule has 1 heterocycles. The molecule has 0 saturated carbocycles. The fourth-order valence-corrected chi connectivity index (χ4v) is 3.73. The van der Waals surface area contributed by atoms with Crippen molar-refractivity contribution in [1.82, 2.24) is 19.7 Å². The maximum absolute atomic E-state index is 12.7. The van der Waals surface area contributed by atoms with Crippen molar-refractivity contribution < 1.29 is 19.0 Å². The second-order valence-electron chi connectivity index (χ2n) is 6.65. The van der Waals surface area contributed by atoms with Gasteiger partial charge in [-0.15, -0.1) is 10.2 Å². The van der Waals surface area contributed by atoms with Crippen LogP contribution in [0, 0.1) is 0 Å². The zero-order valence-corrected chi connectivity index (χ0v) is 18.6. The number of carbonyl (C=O) groups is 1. The van der Waals surface area contributed by atoms with E-state index < -0.39 is 0 Å². The van der Waals surface area contributed by atoms with E-state index in [-0.39, 0.29) is 17.7 Å². The third-order valence-electron chi connectivity index (χ3n) is 4.34. The number of thioether (sulfide) groups is 1. The average molecular weight is 423 g/mol. The zero-order valence-electron chi connectivity index (χ0n) is 17.8. The number of nitrogens with zero attached hydrogens (tertiary/aromatic N) is 4. The lowest BCUT2D eigenvalue weighted by Crippen LogP contribution is -2.37. The van der Waals surface area contributed by atoms with Gasteiger partial charge in [0.1, 0.15) is 5.75 Å². The highest BCUT2D eigenvalue weighted by Gasteiger charge is 2.20. The highest BCUT2D eigenvalue weighted by atomic mass is 32.2. The Bertz CT molecular complexity index is 756. The van der Waals surface area contributed by atoms with Gasteiger partial charge in [-0.2, -0.15) is 0 Å². The molecule has 0 aliphatic heterocycles. The van der Waals surface area contributed by atoms with Crippen LogP contribution in [0.5, 0.6) is 5.75 Å². The molecule has 2 aromatic rings. The van der Waals surface area contributed by atoms with Crippen LogP contribution in [-0.2, 0) is 14.3 Å². The fourth-order valence-electron chi connectivity index (χ4n) is 2.76. The average Bonchev–Trinajstić information content (AvgIpc) is 3.16. The first-order valence-corrected chi connectivity index (χ1v) is 10.5. The van der Waals surface area contributed by atoms with Crippen LogP contribution < -0.4 is 4.74 Å². The summed E-state index contributed by atoms with van der Waals surface area (Å²) in [5, 5.41) is 9.43. The van der Waals surface area contributed by atoms with Crippen LogP contribution in [0.2, 0.25) is 0 Å². The standard InChI is InChI=1S/C20H30N4O4S/c1-15(2)24-19(16-6-8-17(28-5)9-7-16)21-22-20(24)29-14-18(25)23(10-12-26-3)11-13-27-4/h6-9,15H,10-14H2,1-5H3. The van der Waals surface area contributed by atoms with Crippen LogP contribution in [-0.4, -0.2) is 79.0 Å². The molecule has 1 amide bonds. The van der Waals surface area contributed by atoms with E-state index in [1.54, 1.807) is 26.2 Å². The van der Waals surface area contributed by atoms with E-state index in [2.05, 4.69) is 28.6 Å². The molecule has 29 heavy (non-hydrogen) atoms. The SMILES string of the molecule is COCCN(CCOC)C(=O)CSc1nnc(-c2ccc(OC)cc2)n1C(C)C. The van der Waals surface area contributed by atoms with E-state index in [1.807, 2.05) is 24.3 Å². The summed E-state index contributed by atoms with van der Waals surface area (Å²) in [6.07, 6.45) is 0. The van der Waals surface area contributed by atoms with Gasteiger partial charge in [0, 0.05) is 38.9 Å². The molecule has 0 saturated heterocycles. The maximum atomic E-state index is 12.7. The van der Waals surface area contributed by atoms with Crippen LogP contribution >= 0.6 is 11.8 Å². The maximum Gasteiger partial charge on any atom is 0.233 e. The smallest absolute Gasteiger partial charge is 0.233 e. The molecule has 0 aliphatic rings. The summed E-state index contributed by atoms with van der Waals surface area (Å²) in [7, 11) is 4.89. The van der Waals surface area contributed by atoms with Crippen molar-refractivity contribution in [2.24, 2.45) is 0 Å². The number of hydrogen-bond donors (Lipinski definition) is 0. The van der Waals surface area contributed by atoms with Crippen molar-refractivity contribution in [1.29, 1.82) is 0 Å². The predicted octanol–water partition coefficient (Wildman–Crippen LogP) is 2.75. The molecule has 9 heteroatoms. The van der Waals surface area contributed by atoms with E-state index in [1.165, 1.54) is 11.8 Å². The predicted molar refractivity (Wildman–Crippen MR) is 113 cm³/mol. The lowest BCUT2D eigenvalue weighted by molar-refractivity contribution is -0.129. The number of amides is 1. The molecule has 8 nitrogen and oxygen atoms in total. The number of methoxy groups -OCH3 is 3. The van der Waals surface area contributed by atoms with Gasteiger partial charge < -0.3 is 19.1 Å². The first kappa shape index (κ1) is 23.2. The van der Waals surface area contributed by atoms with E-state index in [9.17, 15) is 4.79 Å². The Labute approximate surface area is 176 Å². The molecular formula is C20H30N4O4S. The van der Waals surface area contributed by atoms with E-state index in [0.717, 1.165) is 22.3 Å². The van der Waals surface area contributed by atoms with Crippen LogP contribution in [0.4, 0.5) is 0 Å². The summed E-state index contributed by atoms with van der Waals surface area (Å²) in [6, 6.07) is 7.86. The Balaban J connectivity index is 2.13. The molecule has 0 bridgehead atoms. The van der Waals surface area contributed by atoms with Gasteiger partial charge in [0.2, 0.25) is 5.91 Å². The molecule has 0 unspecified atom stereocenters. The minimum absolute atomic E-state index is 0.0217. The minimum atomic E-state index is 0.0217. The van der Waals surface area contributed by atoms with E-state index in [4.69, 9.17) is 14.2 Å². The van der Waals surface area contributed by atoms with Crippen molar-refractivity contribution in [2.45, 2.75) is 25.0 Å². The summed E-state index contributed by atoms with van der Waals surface area (Å²) in [5.74, 6) is 1.86. The normalized spacial score (nSPS) is 11.1. The van der Waals surface area contributed by atoms with Gasteiger partial charge >= 0.3 is 0 Å². The quantitative estimate of drug-likeness (QED) is 0.487. The number of carbonyl (C=O) groups excluding carboxylic acids is 1. The number of aromatic nitrogens is 3. The summed E-state index contributed by atoms with van der Waals surface area (Å²) < 4.78 is 17.5. The Hall–Kier alpha value is -2.10. The molecule has 0 radical (unpaired) electrons. The van der Waals surface area contributed by atoms with Gasteiger partial charge in [0.05, 0.1) is 26.1 Å². The van der Waals surface area contributed by atoms with E-state index in [0.29, 0.717) is 26.3 Å². The van der Waals surface area contributed by atoms with E-state index >= 15 is 0 Å². The summed E-state index contributed by atoms with van der Waals surface area (Å²) >= 11 is 1.39. The Morgan fingerprint density at radius 3 is 2.21 bits per heavy atom. The molecule has 0 aliphatic carbocycles. The van der Waals surface area contributed by atoms with Gasteiger partial charge in [0.25, 0.3) is 0 Å². The van der Waals surface area contributed by atoms with Crippen molar-refractivity contribution >= 4 is 17.7 Å². The lowest BCUT2D eigenvalue weighted by Gasteiger charge is -2.22. The Kier molecular flexibility index (Phi) is 9.43. The number of rotatable bonds is 12. The third kappa shape index (κ3) is 6.45. The van der Waals surface area contributed by atoms with Gasteiger partial charge in [-0.1, -0.05) is 11.8 Å². The van der Waals surface area contributed by atoms with Crippen LogP contribution in [0.1, 0.15) is 19.9 Å². The molecule has 0 N–H and O–H groups in total. The monoisotopic (exact) mass is 422 g/mol. The molecule has 160 valence electrons. The molecular weight excluding hydrogens is 392 g/mol. The number of ether oxygens (including phenoxy) is 3. The summed E-state index contributed by atoms with van der Waals surface area (Å²) in [6.45, 7) is 6.20. The summed E-state index contributed by atoms with van der Waals surface area (Å²) in [5.41, 5.74) is 0.951. The van der Waals surface area contributed by atoms with Crippen LogP contribution in [0.15, 0.2) is 29.4 Å². The lowest BCUT2D eigenvalue weighted by atomic mass is 10.2. The van der Waals surface area contributed by atoms with Gasteiger partial charge in [-0.25, -0.2) is 0 Å². The van der Waals surface area contributed by atoms with Crippen molar-refractivity contribution in [3.05, 3.63) is 24.3 Å². The van der Waals surface area contributed by atoms with Crippen molar-refractivity contribution in [2.75, 3.05) is 53.4 Å². The fraction of sp³-hybridized carbons (Fsp3) is 0.550. The van der Waals surface area contributed by atoms with Crippen molar-refractivity contribution in [3.63, 3.8) is 0 Å². The van der Waals surface area contributed by atoms with Crippen LogP contribution in [0.3, 0.4) is 0 Å². The Morgan fingerprint density at radius 2 is 1.69 bits per heavy atom. The first-order chi connectivity index (χ1) is 14.0. The topological polar surface area (TPSA) is 78.7 Å². The second kappa shape index (κ2) is 11.8. The first-order valence-electron chi connectivity index (χ1n) is 9.49. The minimum Gasteiger partial charge on any atom is -0.497 e. The molecule has 1 aromatic heterocycles. The van der Waals surface area contributed by atoms with Gasteiger partial charge in [0.15, 0.2) is 11.0 Å². The largest absolute Gasteiger partial charge is 0.497 e. The zero-order chi connectivity index (χ0) is 21.2. The third-order valence-corrected chi connectivity index (χ3v) is 5.27. The van der Waals surface area contributed by atoms with Crippen molar-refractivity contribution in [3.8, 4) is 17.1 Å². The number of hydrogen-bond acceptors (Lipinski definition) is 7. The molecule has 0 spiro atoms.